The number of pyridine rings is 1. The van der Waals surface area contributed by atoms with Crippen molar-refractivity contribution in [3.8, 4) is 0 Å². The Balaban J connectivity index is 1.85. The number of aryl methyl sites for hydroxylation is 1. The smallest absolute Gasteiger partial charge is 0.266 e. The summed E-state index contributed by atoms with van der Waals surface area (Å²) in [5.41, 5.74) is 2.41. The van der Waals surface area contributed by atoms with Crippen LogP contribution in [0.3, 0.4) is 0 Å². The van der Waals surface area contributed by atoms with Gasteiger partial charge in [0, 0.05) is 45.3 Å². The molecule has 1 amide bonds. The number of hydrogen-bond donors (Lipinski definition) is 0. The van der Waals surface area contributed by atoms with Crippen LogP contribution in [0, 0.1) is 0 Å². The number of thiocarbonyl (C=S) groups is 1. The zero-order valence-corrected chi connectivity index (χ0v) is 20.3. The van der Waals surface area contributed by atoms with Crippen molar-refractivity contribution in [2.24, 2.45) is 0 Å². The molecule has 0 spiro atoms. The first kappa shape index (κ1) is 23.0. The summed E-state index contributed by atoms with van der Waals surface area (Å²) in [4.78, 5) is 31.2. The van der Waals surface area contributed by atoms with Crippen molar-refractivity contribution >= 4 is 56.9 Å². The fourth-order valence-electron chi connectivity index (χ4n) is 4.50. The predicted molar refractivity (Wildman–Crippen MR) is 136 cm³/mol. The Labute approximate surface area is 198 Å². The number of thioether (sulfide) groups is 1. The first-order chi connectivity index (χ1) is 15.6. The Morgan fingerprint density at radius 2 is 1.91 bits per heavy atom. The van der Waals surface area contributed by atoms with Gasteiger partial charge in [0.15, 0.2) is 0 Å². The quantitative estimate of drug-likeness (QED) is 0.342. The SMILES string of the molecule is CCn1c(=O)c(C=C2SC(=S)N(CCCOC)C2=O)c(N2CCCCC2)c2ccccc21. The third-order valence-electron chi connectivity index (χ3n) is 6.05. The summed E-state index contributed by atoms with van der Waals surface area (Å²) in [6.45, 7) is 5.47. The van der Waals surface area contributed by atoms with Crippen molar-refractivity contribution in [1.82, 2.24) is 9.47 Å². The second kappa shape index (κ2) is 10.2. The number of benzene rings is 1. The number of methoxy groups -OCH3 is 1. The molecule has 3 heterocycles. The van der Waals surface area contributed by atoms with Crippen molar-refractivity contribution in [2.45, 2.75) is 39.2 Å². The van der Waals surface area contributed by atoms with Crippen LogP contribution in [0.5, 0.6) is 0 Å². The van der Waals surface area contributed by atoms with Gasteiger partial charge in [0.1, 0.15) is 4.32 Å². The van der Waals surface area contributed by atoms with Crippen molar-refractivity contribution in [3.05, 3.63) is 45.1 Å². The van der Waals surface area contributed by atoms with Crippen molar-refractivity contribution in [2.75, 3.05) is 38.3 Å². The van der Waals surface area contributed by atoms with E-state index in [-0.39, 0.29) is 11.5 Å². The van der Waals surface area contributed by atoms with E-state index in [2.05, 4.69) is 11.0 Å². The van der Waals surface area contributed by atoms with Crippen LogP contribution in [0.4, 0.5) is 5.69 Å². The summed E-state index contributed by atoms with van der Waals surface area (Å²) in [7, 11) is 1.64. The Kier molecular flexibility index (Phi) is 7.33. The van der Waals surface area contributed by atoms with E-state index in [0.717, 1.165) is 42.5 Å². The monoisotopic (exact) mass is 471 g/mol. The van der Waals surface area contributed by atoms with Crippen LogP contribution in [-0.2, 0) is 16.1 Å². The molecule has 6 nitrogen and oxygen atoms in total. The maximum Gasteiger partial charge on any atom is 0.266 e. The molecule has 1 aromatic carbocycles. The van der Waals surface area contributed by atoms with Crippen LogP contribution in [0.15, 0.2) is 34.0 Å². The van der Waals surface area contributed by atoms with Gasteiger partial charge in [-0.1, -0.05) is 42.2 Å². The number of fused-ring (bicyclic) bond motifs is 1. The number of nitrogens with zero attached hydrogens (tertiary/aromatic N) is 3. The molecule has 0 N–H and O–H groups in total. The van der Waals surface area contributed by atoms with Gasteiger partial charge < -0.3 is 14.2 Å². The van der Waals surface area contributed by atoms with Crippen molar-refractivity contribution in [1.29, 1.82) is 0 Å². The predicted octanol–water partition coefficient (Wildman–Crippen LogP) is 4.25. The van der Waals surface area contributed by atoms with Gasteiger partial charge >= 0.3 is 0 Å². The second-order valence-corrected chi connectivity index (χ2v) is 9.73. The second-order valence-electron chi connectivity index (χ2n) is 8.06. The van der Waals surface area contributed by atoms with E-state index in [4.69, 9.17) is 17.0 Å². The minimum atomic E-state index is -0.128. The Morgan fingerprint density at radius 3 is 2.62 bits per heavy atom. The molecular formula is C24H29N3O3S2. The van der Waals surface area contributed by atoms with E-state index in [1.165, 1.54) is 18.2 Å². The van der Waals surface area contributed by atoms with E-state index in [1.807, 2.05) is 25.1 Å². The molecular weight excluding hydrogens is 442 g/mol. The largest absolute Gasteiger partial charge is 0.385 e. The summed E-state index contributed by atoms with van der Waals surface area (Å²) >= 11 is 6.75. The van der Waals surface area contributed by atoms with Crippen LogP contribution in [0.25, 0.3) is 17.0 Å². The maximum atomic E-state index is 13.7. The van der Waals surface area contributed by atoms with Gasteiger partial charge in [0.05, 0.1) is 21.7 Å². The summed E-state index contributed by atoms with van der Waals surface area (Å²) < 4.78 is 7.44. The van der Waals surface area contributed by atoms with Gasteiger partial charge in [-0.3, -0.25) is 14.5 Å². The number of carbonyl (C=O) groups excluding carboxylic acids is 1. The minimum absolute atomic E-state index is 0.0589. The fraction of sp³-hybridized carbons (Fsp3) is 0.458. The molecule has 2 saturated heterocycles. The van der Waals surface area contributed by atoms with E-state index < -0.39 is 0 Å². The molecule has 2 aliphatic rings. The van der Waals surface area contributed by atoms with Crippen LogP contribution >= 0.6 is 24.0 Å². The summed E-state index contributed by atoms with van der Waals surface area (Å²) in [5.74, 6) is -0.128. The third-order valence-corrected chi connectivity index (χ3v) is 7.43. The van der Waals surface area contributed by atoms with Crippen LogP contribution < -0.4 is 10.5 Å². The molecule has 0 aliphatic carbocycles. The van der Waals surface area contributed by atoms with E-state index in [0.29, 0.717) is 40.9 Å². The molecule has 2 aromatic rings. The van der Waals surface area contributed by atoms with Gasteiger partial charge in [-0.25, -0.2) is 0 Å². The number of hydrogen-bond acceptors (Lipinski definition) is 6. The van der Waals surface area contributed by atoms with Crippen LogP contribution in [-0.4, -0.2) is 53.0 Å². The van der Waals surface area contributed by atoms with Gasteiger partial charge in [-0.05, 0) is 44.7 Å². The van der Waals surface area contributed by atoms with Crippen LogP contribution in [0.2, 0.25) is 0 Å². The highest BCUT2D eigenvalue weighted by atomic mass is 32.2. The van der Waals surface area contributed by atoms with Crippen LogP contribution in [0.1, 0.15) is 38.2 Å². The molecule has 2 aliphatic heterocycles. The van der Waals surface area contributed by atoms with E-state index in [9.17, 15) is 9.59 Å². The van der Waals surface area contributed by atoms with E-state index >= 15 is 0 Å². The van der Waals surface area contributed by atoms with Gasteiger partial charge in [0.2, 0.25) is 0 Å². The Hall–Kier alpha value is -2.16. The molecule has 8 heteroatoms. The lowest BCUT2D eigenvalue weighted by Gasteiger charge is -2.31. The molecule has 0 atom stereocenters. The molecule has 2 fully saturated rings. The number of rotatable bonds is 7. The summed E-state index contributed by atoms with van der Waals surface area (Å²) in [6.07, 6.45) is 5.91. The number of ether oxygens (including phenoxy) is 1. The number of aromatic nitrogens is 1. The number of para-hydroxylation sites is 1. The molecule has 0 radical (unpaired) electrons. The highest BCUT2D eigenvalue weighted by Crippen LogP contribution is 2.36. The van der Waals surface area contributed by atoms with E-state index in [1.54, 1.807) is 22.7 Å². The average Bonchev–Trinajstić information content (AvgIpc) is 3.08. The average molecular weight is 472 g/mol. The van der Waals surface area contributed by atoms with Gasteiger partial charge in [-0.15, -0.1) is 0 Å². The number of amides is 1. The van der Waals surface area contributed by atoms with Gasteiger partial charge in [0.25, 0.3) is 11.5 Å². The number of carbonyl (C=O) groups is 1. The topological polar surface area (TPSA) is 54.8 Å². The molecule has 4 rings (SSSR count). The zero-order chi connectivity index (χ0) is 22.7. The summed E-state index contributed by atoms with van der Waals surface area (Å²) in [6, 6.07) is 8.07. The lowest BCUT2D eigenvalue weighted by molar-refractivity contribution is -0.122. The maximum absolute atomic E-state index is 13.7. The highest BCUT2D eigenvalue weighted by molar-refractivity contribution is 8.26. The zero-order valence-electron chi connectivity index (χ0n) is 18.6. The third kappa shape index (κ3) is 4.36. The standard InChI is InChI=1S/C24H29N3O3S2/c1-3-26-19-11-6-5-10-17(19)21(25-12-7-4-8-13-25)18(22(26)28)16-20-23(29)27(24(31)32-20)14-9-15-30-2/h5-6,10-11,16H,3-4,7-9,12-15H2,1-2H3. The lowest BCUT2D eigenvalue weighted by atomic mass is 10.0. The number of piperidine rings is 1. The van der Waals surface area contributed by atoms with Crippen molar-refractivity contribution in [3.63, 3.8) is 0 Å². The van der Waals surface area contributed by atoms with Crippen molar-refractivity contribution < 1.29 is 9.53 Å². The molecule has 32 heavy (non-hydrogen) atoms. The number of anilines is 1. The Bertz CT molecular complexity index is 1120. The Morgan fingerprint density at radius 1 is 1.16 bits per heavy atom. The fourth-order valence-corrected chi connectivity index (χ4v) is 5.79. The molecule has 1 aromatic heterocycles. The lowest BCUT2D eigenvalue weighted by Crippen LogP contribution is -2.34. The van der Waals surface area contributed by atoms with Gasteiger partial charge in [-0.2, -0.15) is 0 Å². The molecule has 170 valence electrons. The minimum Gasteiger partial charge on any atom is -0.385 e. The normalized spacial score (nSPS) is 18.4. The highest BCUT2D eigenvalue weighted by Gasteiger charge is 2.32. The first-order valence-corrected chi connectivity index (χ1v) is 12.4. The molecule has 0 unspecified atom stereocenters. The first-order valence-electron chi connectivity index (χ1n) is 11.2. The molecule has 0 saturated carbocycles. The molecule has 0 bridgehead atoms. The summed E-state index contributed by atoms with van der Waals surface area (Å²) in [5, 5.41) is 1.05.